The number of nitrogens with two attached hydrogens (primary N) is 1. The van der Waals surface area contributed by atoms with Gasteiger partial charge in [0.15, 0.2) is 0 Å². The van der Waals surface area contributed by atoms with Gasteiger partial charge in [-0.2, -0.15) is 0 Å². The number of rotatable bonds is 5. The summed E-state index contributed by atoms with van der Waals surface area (Å²) in [5, 5.41) is 11.4. The van der Waals surface area contributed by atoms with Gasteiger partial charge in [0.25, 0.3) is 0 Å². The lowest BCUT2D eigenvalue weighted by Gasteiger charge is -2.37. The van der Waals surface area contributed by atoms with Gasteiger partial charge in [0.05, 0.1) is 0 Å². The number of amides is 1. The fraction of sp³-hybridized carbons (Fsp3) is 0.818. The van der Waals surface area contributed by atoms with E-state index in [1.54, 1.807) is 13.8 Å². The molecule has 1 atom stereocenters. The van der Waals surface area contributed by atoms with Gasteiger partial charge < -0.3 is 16.2 Å². The van der Waals surface area contributed by atoms with E-state index in [9.17, 15) is 9.59 Å². The number of carboxylic acids is 1. The standard InChI is InChI=1S/C11H20N2O3/c1-7(2)9(10(15)16)13-8(14)6-11(12)4-3-5-11/h7,9H,3-6,12H2,1-2H3,(H,13,14)(H,15,16). The van der Waals surface area contributed by atoms with Crippen molar-refractivity contribution in [2.75, 3.05) is 0 Å². The summed E-state index contributed by atoms with van der Waals surface area (Å²) in [5.74, 6) is -1.39. The van der Waals surface area contributed by atoms with Crippen LogP contribution in [-0.2, 0) is 9.59 Å². The Morgan fingerprint density at radius 2 is 2.00 bits per heavy atom. The van der Waals surface area contributed by atoms with E-state index in [0.29, 0.717) is 0 Å². The van der Waals surface area contributed by atoms with Crippen molar-refractivity contribution in [3.8, 4) is 0 Å². The van der Waals surface area contributed by atoms with Crippen LogP contribution in [0.4, 0.5) is 0 Å². The number of aliphatic carboxylic acids is 1. The summed E-state index contributed by atoms with van der Waals surface area (Å²) in [5.41, 5.74) is 5.52. The smallest absolute Gasteiger partial charge is 0.326 e. The van der Waals surface area contributed by atoms with Crippen molar-refractivity contribution in [2.45, 2.75) is 51.1 Å². The molecule has 1 unspecified atom stereocenters. The maximum atomic E-state index is 11.6. The van der Waals surface area contributed by atoms with E-state index in [2.05, 4.69) is 5.32 Å². The van der Waals surface area contributed by atoms with Crippen LogP contribution >= 0.6 is 0 Å². The molecule has 1 aliphatic carbocycles. The van der Waals surface area contributed by atoms with Crippen LogP contribution in [-0.4, -0.2) is 28.6 Å². The molecule has 1 rings (SSSR count). The second kappa shape index (κ2) is 4.82. The second-order valence-corrected chi connectivity index (χ2v) is 5.02. The lowest BCUT2D eigenvalue weighted by molar-refractivity contribution is -0.143. The fourth-order valence-electron chi connectivity index (χ4n) is 1.87. The molecule has 0 heterocycles. The van der Waals surface area contributed by atoms with E-state index in [0.717, 1.165) is 19.3 Å². The average Bonchev–Trinajstić information content (AvgIpc) is 2.10. The second-order valence-electron chi connectivity index (χ2n) is 5.02. The Morgan fingerprint density at radius 3 is 2.31 bits per heavy atom. The summed E-state index contributed by atoms with van der Waals surface area (Å²) in [4.78, 5) is 22.5. The molecule has 1 saturated carbocycles. The van der Waals surface area contributed by atoms with Crippen molar-refractivity contribution in [1.82, 2.24) is 5.32 Å². The molecule has 1 aliphatic rings. The highest BCUT2D eigenvalue weighted by molar-refractivity contribution is 5.84. The molecule has 1 amide bonds. The van der Waals surface area contributed by atoms with Crippen LogP contribution in [0.25, 0.3) is 0 Å². The zero-order valence-corrected chi connectivity index (χ0v) is 9.82. The third-order valence-corrected chi connectivity index (χ3v) is 3.11. The average molecular weight is 228 g/mol. The van der Waals surface area contributed by atoms with Gasteiger partial charge in [-0.25, -0.2) is 4.79 Å². The highest BCUT2D eigenvalue weighted by Gasteiger charge is 2.35. The molecule has 4 N–H and O–H groups in total. The highest BCUT2D eigenvalue weighted by Crippen LogP contribution is 2.31. The van der Waals surface area contributed by atoms with Crippen LogP contribution in [0.5, 0.6) is 0 Å². The van der Waals surface area contributed by atoms with Crippen LogP contribution in [0.3, 0.4) is 0 Å². The molecule has 0 bridgehead atoms. The lowest BCUT2D eigenvalue weighted by atomic mass is 9.75. The van der Waals surface area contributed by atoms with E-state index >= 15 is 0 Å². The SMILES string of the molecule is CC(C)C(NC(=O)CC1(N)CCC1)C(=O)O. The van der Waals surface area contributed by atoms with Gasteiger partial charge in [-0.3, -0.25) is 4.79 Å². The molecule has 92 valence electrons. The number of carbonyl (C=O) groups is 2. The Balaban J connectivity index is 2.45. The maximum Gasteiger partial charge on any atom is 0.326 e. The van der Waals surface area contributed by atoms with E-state index in [1.807, 2.05) is 0 Å². The zero-order valence-electron chi connectivity index (χ0n) is 9.82. The Morgan fingerprint density at radius 1 is 1.44 bits per heavy atom. The Bertz CT molecular complexity index is 285. The summed E-state index contributed by atoms with van der Waals surface area (Å²) >= 11 is 0. The van der Waals surface area contributed by atoms with Crippen LogP contribution in [0.2, 0.25) is 0 Å². The third kappa shape index (κ3) is 3.20. The topological polar surface area (TPSA) is 92.4 Å². The van der Waals surface area contributed by atoms with E-state index in [-0.39, 0.29) is 18.2 Å². The molecule has 0 radical (unpaired) electrons. The molecular formula is C11H20N2O3. The molecule has 0 aromatic carbocycles. The predicted molar refractivity (Wildman–Crippen MR) is 59.8 cm³/mol. The van der Waals surface area contributed by atoms with Crippen molar-refractivity contribution >= 4 is 11.9 Å². The van der Waals surface area contributed by atoms with Crippen molar-refractivity contribution < 1.29 is 14.7 Å². The number of carbonyl (C=O) groups excluding carboxylic acids is 1. The molecule has 0 spiro atoms. The van der Waals surface area contributed by atoms with Crippen LogP contribution in [0.1, 0.15) is 39.5 Å². The first-order valence-corrected chi connectivity index (χ1v) is 5.65. The van der Waals surface area contributed by atoms with Crippen LogP contribution in [0.15, 0.2) is 0 Å². The first kappa shape index (κ1) is 13.0. The van der Waals surface area contributed by atoms with Gasteiger partial charge in [0, 0.05) is 12.0 Å². The normalized spacial score (nSPS) is 20.0. The Hall–Kier alpha value is -1.10. The summed E-state index contributed by atoms with van der Waals surface area (Å²) in [6, 6.07) is -0.823. The quantitative estimate of drug-likeness (QED) is 0.638. The van der Waals surface area contributed by atoms with Crippen molar-refractivity contribution in [3.63, 3.8) is 0 Å². The molecule has 0 aromatic rings. The first-order chi connectivity index (χ1) is 7.34. The summed E-state index contributed by atoms with van der Waals surface area (Å²) in [7, 11) is 0. The van der Waals surface area contributed by atoms with Gasteiger partial charge in [0.1, 0.15) is 6.04 Å². The molecule has 5 heteroatoms. The Kier molecular flexibility index (Phi) is 3.91. The van der Waals surface area contributed by atoms with Crippen molar-refractivity contribution in [1.29, 1.82) is 0 Å². The number of hydrogen-bond donors (Lipinski definition) is 3. The lowest BCUT2D eigenvalue weighted by Crippen LogP contribution is -2.52. The first-order valence-electron chi connectivity index (χ1n) is 5.65. The number of nitrogens with one attached hydrogen (secondary N) is 1. The number of hydrogen-bond acceptors (Lipinski definition) is 3. The minimum absolute atomic E-state index is 0.128. The summed E-state index contributed by atoms with van der Waals surface area (Å²) in [6.07, 6.45) is 2.97. The van der Waals surface area contributed by atoms with Gasteiger partial charge in [0.2, 0.25) is 5.91 Å². The zero-order chi connectivity index (χ0) is 12.3. The molecule has 16 heavy (non-hydrogen) atoms. The monoisotopic (exact) mass is 228 g/mol. The fourth-order valence-corrected chi connectivity index (χ4v) is 1.87. The highest BCUT2D eigenvalue weighted by atomic mass is 16.4. The van der Waals surface area contributed by atoms with Gasteiger partial charge in [-0.05, 0) is 25.2 Å². The third-order valence-electron chi connectivity index (χ3n) is 3.11. The summed E-state index contributed by atoms with van der Waals surface area (Å²) in [6.45, 7) is 3.53. The van der Waals surface area contributed by atoms with Gasteiger partial charge >= 0.3 is 5.97 Å². The minimum atomic E-state index is -0.997. The van der Waals surface area contributed by atoms with E-state index < -0.39 is 17.6 Å². The van der Waals surface area contributed by atoms with Crippen LogP contribution < -0.4 is 11.1 Å². The molecule has 1 fully saturated rings. The molecular weight excluding hydrogens is 208 g/mol. The summed E-state index contributed by atoms with van der Waals surface area (Å²) < 4.78 is 0. The Labute approximate surface area is 95.4 Å². The van der Waals surface area contributed by atoms with Crippen LogP contribution in [0, 0.1) is 5.92 Å². The van der Waals surface area contributed by atoms with Crippen molar-refractivity contribution in [2.24, 2.45) is 11.7 Å². The molecule has 0 saturated heterocycles. The van der Waals surface area contributed by atoms with E-state index in [4.69, 9.17) is 10.8 Å². The molecule has 0 aliphatic heterocycles. The van der Waals surface area contributed by atoms with Gasteiger partial charge in [-0.15, -0.1) is 0 Å². The van der Waals surface area contributed by atoms with E-state index in [1.165, 1.54) is 0 Å². The molecule has 0 aromatic heterocycles. The number of carboxylic acid groups (broad SMARTS) is 1. The molecule has 5 nitrogen and oxygen atoms in total. The van der Waals surface area contributed by atoms with Gasteiger partial charge in [-0.1, -0.05) is 13.8 Å². The van der Waals surface area contributed by atoms with Crippen molar-refractivity contribution in [3.05, 3.63) is 0 Å². The minimum Gasteiger partial charge on any atom is -0.480 e. The largest absolute Gasteiger partial charge is 0.480 e. The maximum absolute atomic E-state index is 11.6. The predicted octanol–water partition coefficient (Wildman–Crippen LogP) is 0.483.